The number of aryl methyl sites for hydroxylation is 2. The van der Waals surface area contributed by atoms with Gasteiger partial charge in [-0.2, -0.15) is 0 Å². The molecule has 0 bridgehead atoms. The smallest absolute Gasteiger partial charge is 0.224 e. The molecular formula is C14H19N3O. The zero-order valence-electron chi connectivity index (χ0n) is 10.7. The van der Waals surface area contributed by atoms with Gasteiger partial charge in [0, 0.05) is 31.1 Å². The molecule has 1 amide bonds. The van der Waals surface area contributed by atoms with Crippen molar-refractivity contribution in [3.05, 3.63) is 29.9 Å². The van der Waals surface area contributed by atoms with E-state index in [1.165, 1.54) is 0 Å². The van der Waals surface area contributed by atoms with E-state index < -0.39 is 0 Å². The molecule has 3 rings (SSSR count). The number of nitrogens with zero attached hydrogens (tertiary/aromatic N) is 2. The second kappa shape index (κ2) is 4.59. The molecular weight excluding hydrogens is 226 g/mol. The fraction of sp³-hybridized carbons (Fsp3) is 0.571. The Kier molecular flexibility index (Phi) is 2.94. The molecule has 1 aliphatic carbocycles. The van der Waals surface area contributed by atoms with Crippen molar-refractivity contribution in [1.82, 2.24) is 14.9 Å². The lowest BCUT2D eigenvalue weighted by atomic mass is 10.0. The lowest BCUT2D eigenvalue weighted by Crippen LogP contribution is -2.43. The SMILES string of the molecule is Cc1cn2c(n1)CCC(NC(=O)C1CC=CC1)C2. The van der Waals surface area contributed by atoms with E-state index in [-0.39, 0.29) is 17.9 Å². The van der Waals surface area contributed by atoms with Gasteiger partial charge in [-0.15, -0.1) is 0 Å². The molecule has 96 valence electrons. The fourth-order valence-electron chi connectivity index (χ4n) is 2.85. The minimum absolute atomic E-state index is 0.163. The maximum atomic E-state index is 12.1. The zero-order chi connectivity index (χ0) is 12.5. The lowest BCUT2D eigenvalue weighted by Gasteiger charge is -2.25. The van der Waals surface area contributed by atoms with Gasteiger partial charge in [0.1, 0.15) is 5.82 Å². The van der Waals surface area contributed by atoms with Crippen LogP contribution in [0.4, 0.5) is 0 Å². The third kappa shape index (κ3) is 2.19. The molecule has 0 spiro atoms. The molecule has 0 aromatic carbocycles. The zero-order valence-corrected chi connectivity index (χ0v) is 10.7. The van der Waals surface area contributed by atoms with Crippen molar-refractivity contribution >= 4 is 5.91 Å². The van der Waals surface area contributed by atoms with Gasteiger partial charge >= 0.3 is 0 Å². The third-order valence-corrected chi connectivity index (χ3v) is 3.84. The minimum atomic E-state index is 0.163. The van der Waals surface area contributed by atoms with Gasteiger partial charge in [0.2, 0.25) is 5.91 Å². The van der Waals surface area contributed by atoms with Crippen molar-refractivity contribution in [2.24, 2.45) is 5.92 Å². The highest BCUT2D eigenvalue weighted by Gasteiger charge is 2.25. The van der Waals surface area contributed by atoms with Gasteiger partial charge < -0.3 is 9.88 Å². The predicted octanol–water partition coefficient (Wildman–Crippen LogP) is 1.59. The van der Waals surface area contributed by atoms with Crippen LogP contribution in [-0.2, 0) is 17.8 Å². The standard InChI is InChI=1S/C14H19N3O/c1-10-8-17-9-12(6-7-13(17)15-10)16-14(18)11-4-2-3-5-11/h2-3,8,11-12H,4-7,9H2,1H3,(H,16,18). The Morgan fingerprint density at radius 2 is 2.22 bits per heavy atom. The molecule has 1 unspecified atom stereocenters. The molecule has 0 saturated heterocycles. The van der Waals surface area contributed by atoms with E-state index in [0.717, 1.165) is 43.7 Å². The highest BCUT2D eigenvalue weighted by Crippen LogP contribution is 2.20. The normalized spacial score (nSPS) is 23.1. The van der Waals surface area contributed by atoms with Gasteiger partial charge in [-0.05, 0) is 26.2 Å². The van der Waals surface area contributed by atoms with E-state index in [1.807, 2.05) is 6.92 Å². The summed E-state index contributed by atoms with van der Waals surface area (Å²) in [6.45, 7) is 2.88. The van der Waals surface area contributed by atoms with Crippen LogP contribution in [0.25, 0.3) is 0 Å². The summed E-state index contributed by atoms with van der Waals surface area (Å²) in [6.07, 6.45) is 10.0. The molecule has 1 N–H and O–H groups in total. The van der Waals surface area contributed by atoms with Gasteiger partial charge in [0.25, 0.3) is 0 Å². The monoisotopic (exact) mass is 245 g/mol. The Hall–Kier alpha value is -1.58. The number of fused-ring (bicyclic) bond motifs is 1. The molecule has 1 aliphatic heterocycles. The molecule has 4 heteroatoms. The minimum Gasteiger partial charge on any atom is -0.351 e. The van der Waals surface area contributed by atoms with Crippen LogP contribution in [0.15, 0.2) is 18.3 Å². The van der Waals surface area contributed by atoms with Gasteiger partial charge in [-0.25, -0.2) is 4.98 Å². The molecule has 1 aromatic rings. The van der Waals surface area contributed by atoms with E-state index in [4.69, 9.17) is 0 Å². The first kappa shape index (κ1) is 11.5. The number of rotatable bonds is 2. The van der Waals surface area contributed by atoms with E-state index in [2.05, 4.69) is 33.2 Å². The number of hydrogen-bond donors (Lipinski definition) is 1. The summed E-state index contributed by atoms with van der Waals surface area (Å²) >= 11 is 0. The first-order valence-electron chi connectivity index (χ1n) is 6.70. The number of allylic oxidation sites excluding steroid dienone is 2. The number of hydrogen-bond acceptors (Lipinski definition) is 2. The van der Waals surface area contributed by atoms with Crippen molar-refractivity contribution in [3.8, 4) is 0 Å². The summed E-state index contributed by atoms with van der Waals surface area (Å²) in [4.78, 5) is 16.5. The van der Waals surface area contributed by atoms with Crippen LogP contribution in [0.3, 0.4) is 0 Å². The molecule has 2 aliphatic rings. The second-order valence-electron chi connectivity index (χ2n) is 5.33. The van der Waals surface area contributed by atoms with Crippen molar-refractivity contribution in [2.45, 2.75) is 45.2 Å². The molecule has 1 aromatic heterocycles. The van der Waals surface area contributed by atoms with Crippen molar-refractivity contribution in [3.63, 3.8) is 0 Å². The summed E-state index contributed by atoms with van der Waals surface area (Å²) < 4.78 is 2.18. The predicted molar refractivity (Wildman–Crippen MR) is 69.1 cm³/mol. The number of amides is 1. The van der Waals surface area contributed by atoms with Crippen LogP contribution in [0.1, 0.15) is 30.8 Å². The highest BCUT2D eigenvalue weighted by atomic mass is 16.1. The molecule has 0 fully saturated rings. The molecule has 4 nitrogen and oxygen atoms in total. The maximum Gasteiger partial charge on any atom is 0.224 e. The summed E-state index contributed by atoms with van der Waals surface area (Å²) in [5.41, 5.74) is 1.07. The number of nitrogens with one attached hydrogen (secondary N) is 1. The quantitative estimate of drug-likeness (QED) is 0.804. The topological polar surface area (TPSA) is 46.9 Å². The van der Waals surface area contributed by atoms with Crippen LogP contribution >= 0.6 is 0 Å². The largest absolute Gasteiger partial charge is 0.351 e. The Morgan fingerprint density at radius 1 is 1.44 bits per heavy atom. The molecule has 1 atom stereocenters. The summed E-state index contributed by atoms with van der Waals surface area (Å²) in [5, 5.41) is 3.18. The fourth-order valence-corrected chi connectivity index (χ4v) is 2.85. The van der Waals surface area contributed by atoms with Gasteiger partial charge in [0.05, 0.1) is 5.69 Å². The summed E-state index contributed by atoms with van der Waals surface area (Å²) in [6, 6.07) is 0.263. The van der Waals surface area contributed by atoms with Crippen LogP contribution in [0.5, 0.6) is 0 Å². The van der Waals surface area contributed by atoms with E-state index in [0.29, 0.717) is 0 Å². The third-order valence-electron chi connectivity index (χ3n) is 3.84. The molecule has 2 heterocycles. The Balaban J connectivity index is 1.60. The van der Waals surface area contributed by atoms with E-state index in [9.17, 15) is 4.79 Å². The van der Waals surface area contributed by atoms with Crippen molar-refractivity contribution < 1.29 is 4.79 Å². The number of carbonyl (C=O) groups excluding carboxylic acids is 1. The van der Waals surface area contributed by atoms with Gasteiger partial charge in [0.15, 0.2) is 0 Å². The Morgan fingerprint density at radius 3 is 3.00 bits per heavy atom. The maximum absolute atomic E-state index is 12.1. The van der Waals surface area contributed by atoms with Gasteiger partial charge in [-0.3, -0.25) is 4.79 Å². The average Bonchev–Trinajstić information content (AvgIpc) is 2.95. The van der Waals surface area contributed by atoms with Gasteiger partial charge in [-0.1, -0.05) is 12.2 Å². The van der Waals surface area contributed by atoms with Crippen LogP contribution in [-0.4, -0.2) is 21.5 Å². The number of carbonyl (C=O) groups is 1. The average molecular weight is 245 g/mol. The molecule has 0 radical (unpaired) electrons. The first-order chi connectivity index (χ1) is 8.72. The number of aromatic nitrogens is 2. The van der Waals surface area contributed by atoms with E-state index >= 15 is 0 Å². The van der Waals surface area contributed by atoms with Crippen LogP contribution < -0.4 is 5.32 Å². The summed E-state index contributed by atoms with van der Waals surface area (Å²) in [5.74, 6) is 1.53. The first-order valence-corrected chi connectivity index (χ1v) is 6.70. The Bertz CT molecular complexity index is 481. The number of imidazole rings is 1. The second-order valence-corrected chi connectivity index (χ2v) is 5.33. The van der Waals surface area contributed by atoms with Crippen LogP contribution in [0, 0.1) is 12.8 Å². The summed E-state index contributed by atoms with van der Waals surface area (Å²) in [7, 11) is 0. The van der Waals surface area contributed by atoms with Crippen molar-refractivity contribution in [1.29, 1.82) is 0 Å². The Labute approximate surface area is 107 Å². The van der Waals surface area contributed by atoms with Crippen molar-refractivity contribution in [2.75, 3.05) is 0 Å². The highest BCUT2D eigenvalue weighted by molar-refractivity contribution is 5.79. The molecule has 18 heavy (non-hydrogen) atoms. The van der Waals surface area contributed by atoms with E-state index in [1.54, 1.807) is 0 Å². The lowest BCUT2D eigenvalue weighted by molar-refractivity contribution is -0.125. The van der Waals surface area contributed by atoms with Crippen LogP contribution in [0.2, 0.25) is 0 Å². The molecule has 0 saturated carbocycles.